The van der Waals surface area contributed by atoms with Crippen molar-refractivity contribution in [3.8, 4) is 10.7 Å². The summed E-state index contributed by atoms with van der Waals surface area (Å²) in [5.74, 6) is 0.485. The lowest BCUT2D eigenvalue weighted by atomic mass is 10.3. The van der Waals surface area contributed by atoms with Gasteiger partial charge in [-0.15, -0.1) is 11.3 Å². The second kappa shape index (κ2) is 8.96. The van der Waals surface area contributed by atoms with Crippen LogP contribution in [-0.2, 0) is 11.3 Å². The number of halogens is 1. The first-order valence-electron chi connectivity index (χ1n) is 8.61. The first kappa shape index (κ1) is 19.9. The summed E-state index contributed by atoms with van der Waals surface area (Å²) < 4.78 is 2.10. The summed E-state index contributed by atoms with van der Waals surface area (Å²) in [7, 11) is 0. The SMILES string of the molecule is O=C(Cn1c(-c2cccs2)n[nH]c1=S)Nc1ccc(Sc2ccccc2Cl)cc1. The van der Waals surface area contributed by atoms with Crippen LogP contribution in [0.25, 0.3) is 10.7 Å². The fourth-order valence-corrected chi connectivity index (χ4v) is 4.67. The van der Waals surface area contributed by atoms with Gasteiger partial charge in [0, 0.05) is 15.5 Å². The van der Waals surface area contributed by atoms with Crippen LogP contribution in [0.4, 0.5) is 5.69 Å². The Bertz CT molecular complexity index is 1180. The molecule has 2 N–H and O–H groups in total. The fourth-order valence-electron chi connectivity index (χ4n) is 2.66. The molecule has 2 aromatic heterocycles. The Morgan fingerprint density at radius 2 is 1.97 bits per heavy atom. The van der Waals surface area contributed by atoms with Gasteiger partial charge in [-0.05, 0) is 60.1 Å². The van der Waals surface area contributed by atoms with Crippen LogP contribution in [0.5, 0.6) is 0 Å². The van der Waals surface area contributed by atoms with E-state index in [4.69, 9.17) is 23.8 Å². The largest absolute Gasteiger partial charge is 0.325 e. The lowest BCUT2D eigenvalue weighted by molar-refractivity contribution is -0.116. The third-order valence-electron chi connectivity index (χ3n) is 4.00. The van der Waals surface area contributed by atoms with Crippen molar-refractivity contribution in [1.82, 2.24) is 14.8 Å². The predicted octanol–water partition coefficient (Wildman–Crippen LogP) is 6.11. The second-order valence-corrected chi connectivity index (χ2v) is 8.88. The molecule has 0 atom stereocenters. The Balaban J connectivity index is 1.43. The molecule has 9 heteroatoms. The van der Waals surface area contributed by atoms with E-state index in [-0.39, 0.29) is 12.5 Å². The third-order valence-corrected chi connectivity index (χ3v) is 6.71. The number of aromatic nitrogens is 3. The molecule has 0 saturated carbocycles. The normalized spacial score (nSPS) is 10.8. The summed E-state index contributed by atoms with van der Waals surface area (Å²) >= 11 is 14.6. The average molecular weight is 459 g/mol. The summed E-state index contributed by atoms with van der Waals surface area (Å²) in [6, 6.07) is 19.2. The van der Waals surface area contributed by atoms with Crippen LogP contribution >= 0.6 is 46.9 Å². The first-order valence-corrected chi connectivity index (χ1v) is 11.1. The van der Waals surface area contributed by atoms with Crippen LogP contribution in [0.3, 0.4) is 0 Å². The Hall–Kier alpha value is -2.39. The van der Waals surface area contributed by atoms with Crippen molar-refractivity contribution in [2.75, 3.05) is 5.32 Å². The number of rotatable bonds is 6. The van der Waals surface area contributed by atoms with E-state index in [9.17, 15) is 4.79 Å². The molecule has 0 radical (unpaired) electrons. The van der Waals surface area contributed by atoms with Crippen molar-refractivity contribution in [2.24, 2.45) is 0 Å². The van der Waals surface area contributed by atoms with E-state index in [1.807, 2.05) is 66.0 Å². The molecule has 2 aromatic carbocycles. The average Bonchev–Trinajstić information content (AvgIpc) is 3.36. The minimum absolute atomic E-state index is 0.0820. The number of benzene rings is 2. The van der Waals surface area contributed by atoms with E-state index in [1.165, 1.54) is 0 Å². The molecule has 0 unspecified atom stereocenters. The number of hydrogen-bond donors (Lipinski definition) is 2. The maximum Gasteiger partial charge on any atom is 0.244 e. The summed E-state index contributed by atoms with van der Waals surface area (Å²) in [6.07, 6.45) is 0. The molecule has 1 amide bonds. The molecule has 4 aromatic rings. The molecular formula is C20H15ClN4OS3. The highest BCUT2D eigenvalue weighted by molar-refractivity contribution is 7.99. The van der Waals surface area contributed by atoms with Crippen LogP contribution in [0.1, 0.15) is 0 Å². The highest BCUT2D eigenvalue weighted by atomic mass is 35.5. The third kappa shape index (κ3) is 4.79. The van der Waals surface area contributed by atoms with Crippen molar-refractivity contribution < 1.29 is 4.79 Å². The van der Waals surface area contributed by atoms with Gasteiger partial charge in [0.25, 0.3) is 0 Å². The molecule has 29 heavy (non-hydrogen) atoms. The summed E-state index contributed by atoms with van der Waals surface area (Å²) in [6.45, 7) is 0.0820. The molecule has 0 aliphatic heterocycles. The highest BCUT2D eigenvalue weighted by Crippen LogP contribution is 2.33. The zero-order valence-electron chi connectivity index (χ0n) is 15.0. The van der Waals surface area contributed by atoms with Crippen LogP contribution in [-0.4, -0.2) is 20.7 Å². The Labute approximate surface area is 185 Å². The number of amides is 1. The number of aromatic amines is 1. The monoisotopic (exact) mass is 458 g/mol. The summed E-state index contributed by atoms with van der Waals surface area (Å²) in [4.78, 5) is 15.5. The number of hydrogen-bond acceptors (Lipinski definition) is 5. The first-order chi connectivity index (χ1) is 14.1. The number of H-pyrrole nitrogens is 1. The van der Waals surface area contributed by atoms with Crippen molar-refractivity contribution in [3.05, 3.63) is 75.8 Å². The van der Waals surface area contributed by atoms with Gasteiger partial charge in [0.2, 0.25) is 5.91 Å². The van der Waals surface area contributed by atoms with Gasteiger partial charge in [0.15, 0.2) is 10.6 Å². The zero-order chi connectivity index (χ0) is 20.2. The highest BCUT2D eigenvalue weighted by Gasteiger charge is 2.13. The number of carbonyl (C=O) groups excluding carboxylic acids is 1. The molecule has 0 bridgehead atoms. The van der Waals surface area contributed by atoms with Gasteiger partial charge in [0.1, 0.15) is 6.54 Å². The quantitative estimate of drug-likeness (QED) is 0.342. The zero-order valence-corrected chi connectivity index (χ0v) is 18.2. The molecule has 0 aliphatic carbocycles. The van der Waals surface area contributed by atoms with Gasteiger partial charge in [-0.25, -0.2) is 0 Å². The second-order valence-electron chi connectivity index (χ2n) is 6.02. The van der Waals surface area contributed by atoms with E-state index < -0.39 is 0 Å². The molecular weight excluding hydrogens is 444 g/mol. The van der Waals surface area contributed by atoms with Gasteiger partial charge in [0.05, 0.1) is 9.90 Å². The minimum Gasteiger partial charge on any atom is -0.325 e. The number of carbonyl (C=O) groups is 1. The van der Waals surface area contributed by atoms with Gasteiger partial charge in [-0.3, -0.25) is 14.5 Å². The number of nitrogens with one attached hydrogen (secondary N) is 2. The van der Waals surface area contributed by atoms with Crippen LogP contribution in [0.15, 0.2) is 75.8 Å². The molecule has 146 valence electrons. The van der Waals surface area contributed by atoms with Gasteiger partial charge in [-0.1, -0.05) is 41.6 Å². The number of anilines is 1. The summed E-state index contributed by atoms with van der Waals surface area (Å²) in [5.41, 5.74) is 0.714. The standard InChI is InChI=1S/C20H15ClN4OS3/c21-15-4-1-2-5-16(15)29-14-9-7-13(8-10-14)22-18(26)12-25-19(23-24-20(25)27)17-6-3-11-28-17/h1-11H,12H2,(H,22,26)(H,24,27). The van der Waals surface area contributed by atoms with Gasteiger partial charge < -0.3 is 5.32 Å². The summed E-state index contributed by atoms with van der Waals surface area (Å²) in [5, 5.41) is 12.6. The Kier molecular flexibility index (Phi) is 6.15. The van der Waals surface area contributed by atoms with Crippen molar-refractivity contribution in [3.63, 3.8) is 0 Å². The molecule has 0 aliphatic rings. The molecule has 4 rings (SSSR count). The van der Waals surface area contributed by atoms with Crippen molar-refractivity contribution in [2.45, 2.75) is 16.3 Å². The lowest BCUT2D eigenvalue weighted by Gasteiger charge is -2.09. The van der Waals surface area contributed by atoms with E-state index in [0.717, 1.165) is 14.7 Å². The van der Waals surface area contributed by atoms with Gasteiger partial charge >= 0.3 is 0 Å². The topological polar surface area (TPSA) is 62.7 Å². The number of thiophene rings is 1. The smallest absolute Gasteiger partial charge is 0.244 e. The van der Waals surface area contributed by atoms with E-state index >= 15 is 0 Å². The molecule has 0 fully saturated rings. The van der Waals surface area contributed by atoms with E-state index in [0.29, 0.717) is 21.3 Å². The molecule has 0 spiro atoms. The van der Waals surface area contributed by atoms with Crippen LogP contribution < -0.4 is 5.32 Å². The Morgan fingerprint density at radius 1 is 1.17 bits per heavy atom. The number of nitrogens with zero attached hydrogens (tertiary/aromatic N) is 2. The lowest BCUT2D eigenvalue weighted by Crippen LogP contribution is -2.19. The maximum absolute atomic E-state index is 12.5. The van der Waals surface area contributed by atoms with Crippen molar-refractivity contribution >= 4 is 58.5 Å². The van der Waals surface area contributed by atoms with Crippen LogP contribution in [0.2, 0.25) is 5.02 Å². The van der Waals surface area contributed by atoms with E-state index in [1.54, 1.807) is 27.7 Å². The van der Waals surface area contributed by atoms with E-state index in [2.05, 4.69) is 15.5 Å². The maximum atomic E-state index is 12.5. The Morgan fingerprint density at radius 3 is 2.69 bits per heavy atom. The predicted molar refractivity (Wildman–Crippen MR) is 121 cm³/mol. The molecule has 0 saturated heterocycles. The van der Waals surface area contributed by atoms with Gasteiger partial charge in [-0.2, -0.15) is 5.10 Å². The minimum atomic E-state index is -0.174. The molecule has 5 nitrogen and oxygen atoms in total. The van der Waals surface area contributed by atoms with Crippen LogP contribution in [0, 0.1) is 4.77 Å². The van der Waals surface area contributed by atoms with Crippen molar-refractivity contribution in [1.29, 1.82) is 0 Å². The molecule has 2 heterocycles. The fraction of sp³-hybridized carbons (Fsp3) is 0.0500.